The monoisotopic (exact) mass is 502 g/mol. The van der Waals surface area contributed by atoms with Crippen molar-refractivity contribution in [3.8, 4) is 5.75 Å². The summed E-state index contributed by atoms with van der Waals surface area (Å²) in [5, 5.41) is 8.59. The highest BCUT2D eigenvalue weighted by Gasteiger charge is 2.21. The van der Waals surface area contributed by atoms with Gasteiger partial charge in [-0.2, -0.15) is 0 Å². The van der Waals surface area contributed by atoms with Gasteiger partial charge in [-0.1, -0.05) is 12.1 Å². The molecule has 6 rings (SSSR count). The lowest BCUT2D eigenvalue weighted by Crippen LogP contribution is -2.40. The van der Waals surface area contributed by atoms with E-state index in [-0.39, 0.29) is 24.3 Å². The molecule has 37 heavy (non-hydrogen) atoms. The van der Waals surface area contributed by atoms with E-state index in [1.165, 1.54) is 24.3 Å². The minimum absolute atomic E-state index is 0.117. The van der Waals surface area contributed by atoms with Gasteiger partial charge in [0.05, 0.1) is 24.2 Å². The first-order valence-electron chi connectivity index (χ1n) is 12.5. The largest absolute Gasteiger partial charge is 0.488 e. The van der Waals surface area contributed by atoms with Gasteiger partial charge in [-0.3, -0.25) is 10.3 Å². The van der Waals surface area contributed by atoms with Crippen LogP contribution in [0.15, 0.2) is 54.6 Å². The molecule has 2 aliphatic rings. The fourth-order valence-corrected chi connectivity index (χ4v) is 5.36. The van der Waals surface area contributed by atoms with Crippen molar-refractivity contribution in [1.29, 1.82) is 5.41 Å². The van der Waals surface area contributed by atoms with Crippen LogP contribution in [0.1, 0.15) is 35.2 Å². The molecule has 1 fully saturated rings. The summed E-state index contributed by atoms with van der Waals surface area (Å²) < 4.78 is 41.4. The summed E-state index contributed by atoms with van der Waals surface area (Å²) in [7, 11) is 0. The summed E-state index contributed by atoms with van der Waals surface area (Å²) >= 11 is 0. The van der Waals surface area contributed by atoms with Crippen LogP contribution >= 0.6 is 0 Å². The molecule has 0 bridgehead atoms. The van der Waals surface area contributed by atoms with E-state index in [2.05, 4.69) is 16.8 Å². The molecule has 1 aromatic heterocycles. The second-order valence-electron chi connectivity index (χ2n) is 9.67. The third-order valence-electron chi connectivity index (χ3n) is 7.13. The Bertz CT molecular complexity index is 1510. The highest BCUT2D eigenvalue weighted by Crippen LogP contribution is 2.38. The van der Waals surface area contributed by atoms with Crippen molar-refractivity contribution in [2.75, 3.05) is 32.8 Å². The van der Waals surface area contributed by atoms with Gasteiger partial charge < -0.3 is 19.0 Å². The van der Waals surface area contributed by atoms with Crippen molar-refractivity contribution in [3.05, 3.63) is 94.1 Å². The predicted octanol–water partition coefficient (Wildman–Crippen LogP) is 5.10. The van der Waals surface area contributed by atoms with Crippen LogP contribution in [0.5, 0.6) is 5.75 Å². The molecule has 2 aliphatic heterocycles. The molecule has 0 spiro atoms. The topological polar surface area (TPSA) is 66.3 Å². The molecular weight excluding hydrogens is 474 g/mol. The molecule has 3 aromatic carbocycles. The number of imidazole rings is 1. The summed E-state index contributed by atoms with van der Waals surface area (Å²) in [6.07, 6.45) is 2.01. The highest BCUT2D eigenvalue weighted by molar-refractivity contribution is 5.95. The van der Waals surface area contributed by atoms with Crippen LogP contribution in [-0.4, -0.2) is 47.3 Å². The number of nitrogens with zero attached hydrogens (tertiary/aromatic N) is 2. The number of halogens is 2. The normalized spacial score (nSPS) is 17.8. The van der Waals surface area contributed by atoms with E-state index in [0.717, 1.165) is 66.1 Å². The Kier molecular flexibility index (Phi) is 6.14. The molecule has 8 heteroatoms. The molecule has 0 aliphatic carbocycles. The molecule has 1 atom stereocenters. The first-order chi connectivity index (χ1) is 18.0. The van der Waals surface area contributed by atoms with E-state index < -0.39 is 0 Å². The number of hydrogen-bond donors (Lipinski definition) is 2. The molecule has 1 saturated heterocycles. The number of benzene rings is 3. The summed E-state index contributed by atoms with van der Waals surface area (Å²) in [4.78, 5) is 5.59. The van der Waals surface area contributed by atoms with E-state index in [1.807, 2.05) is 28.8 Å². The van der Waals surface area contributed by atoms with Gasteiger partial charge in [-0.25, -0.2) is 8.78 Å². The first-order valence-corrected chi connectivity index (χ1v) is 12.5. The van der Waals surface area contributed by atoms with Crippen LogP contribution in [0.3, 0.4) is 0 Å². The van der Waals surface area contributed by atoms with Gasteiger partial charge >= 0.3 is 0 Å². The maximum atomic E-state index is 14.0. The van der Waals surface area contributed by atoms with E-state index >= 15 is 0 Å². The Labute approximate surface area is 213 Å². The number of ether oxygens (including phenoxy) is 2. The fraction of sp³-hybridized carbons (Fsp3) is 0.276. The first kappa shape index (κ1) is 23.6. The molecule has 3 heterocycles. The second-order valence-corrected chi connectivity index (χ2v) is 9.67. The van der Waals surface area contributed by atoms with Crippen LogP contribution in [0, 0.1) is 17.0 Å². The summed E-state index contributed by atoms with van der Waals surface area (Å²) in [6, 6.07) is 15.3. The number of rotatable bonds is 4. The van der Waals surface area contributed by atoms with Gasteiger partial charge in [0, 0.05) is 42.9 Å². The van der Waals surface area contributed by atoms with Gasteiger partial charge in [0.2, 0.25) is 5.62 Å². The zero-order valence-electron chi connectivity index (χ0n) is 20.6. The third-order valence-corrected chi connectivity index (χ3v) is 7.13. The standard InChI is InChI=1S/C29H28F2N4O2/c1-18(16-34-8-10-36-11-9-34)35-27-7-2-19(13-26(27)33-29(35)32)12-25-23-5-3-21(30)14-20(23)17-37-28-15-22(31)4-6-24(25)28/h2-7,12-15,18H,8-11,16-17H2,1H3,(H2,32,33)/b25-12+/t18-/m0/s1. The number of H-pyrrole nitrogens is 1. The molecule has 6 nitrogen and oxygen atoms in total. The van der Waals surface area contributed by atoms with Gasteiger partial charge in [-0.15, -0.1) is 0 Å². The van der Waals surface area contributed by atoms with Gasteiger partial charge in [0.25, 0.3) is 0 Å². The smallest absolute Gasteiger partial charge is 0.200 e. The minimum atomic E-state index is -0.387. The summed E-state index contributed by atoms with van der Waals surface area (Å²) in [5.74, 6) is -0.306. The van der Waals surface area contributed by atoms with Crippen molar-refractivity contribution >= 4 is 22.7 Å². The Morgan fingerprint density at radius 2 is 1.76 bits per heavy atom. The van der Waals surface area contributed by atoms with Gasteiger partial charge in [0.15, 0.2) is 0 Å². The Morgan fingerprint density at radius 3 is 2.57 bits per heavy atom. The van der Waals surface area contributed by atoms with Crippen LogP contribution in [0.4, 0.5) is 8.78 Å². The van der Waals surface area contributed by atoms with Crippen LogP contribution < -0.4 is 10.4 Å². The molecule has 2 N–H and O–H groups in total. The quantitative estimate of drug-likeness (QED) is 0.408. The number of aromatic nitrogens is 2. The number of hydrogen-bond acceptors (Lipinski definition) is 4. The Morgan fingerprint density at radius 1 is 1.00 bits per heavy atom. The third kappa shape index (κ3) is 4.58. The zero-order chi connectivity index (χ0) is 25.5. The van der Waals surface area contributed by atoms with Crippen molar-refractivity contribution in [2.45, 2.75) is 19.6 Å². The lowest BCUT2D eigenvalue weighted by atomic mass is 9.92. The Hall–Kier alpha value is -3.75. The lowest BCUT2D eigenvalue weighted by Gasteiger charge is -2.29. The SMILES string of the molecule is C[C@@H](CN1CCOCC1)n1c(=N)[nH]c2cc(/C=C3\c4ccc(F)cc4COc4cc(F)ccc43)ccc21. The van der Waals surface area contributed by atoms with E-state index in [0.29, 0.717) is 16.9 Å². The van der Waals surface area contributed by atoms with Gasteiger partial charge in [0.1, 0.15) is 24.0 Å². The molecule has 4 aromatic rings. The summed E-state index contributed by atoms with van der Waals surface area (Å²) in [5.41, 5.74) is 6.19. The van der Waals surface area contributed by atoms with Crippen LogP contribution in [0.2, 0.25) is 0 Å². The van der Waals surface area contributed by atoms with E-state index in [9.17, 15) is 8.78 Å². The molecule has 190 valence electrons. The van der Waals surface area contributed by atoms with Crippen molar-refractivity contribution in [3.63, 3.8) is 0 Å². The average molecular weight is 503 g/mol. The zero-order valence-corrected chi connectivity index (χ0v) is 20.6. The number of morpholine rings is 1. The number of aromatic amines is 1. The Balaban J connectivity index is 1.41. The van der Waals surface area contributed by atoms with E-state index in [4.69, 9.17) is 14.9 Å². The number of fused-ring (bicyclic) bond motifs is 3. The molecule has 0 saturated carbocycles. The van der Waals surface area contributed by atoms with Crippen LogP contribution in [-0.2, 0) is 11.3 Å². The fourth-order valence-electron chi connectivity index (χ4n) is 5.36. The van der Waals surface area contributed by atoms with Crippen molar-refractivity contribution < 1.29 is 18.3 Å². The maximum absolute atomic E-state index is 14.0. The van der Waals surface area contributed by atoms with Gasteiger partial charge in [-0.05, 0) is 66.1 Å². The second kappa shape index (κ2) is 9.61. The maximum Gasteiger partial charge on any atom is 0.200 e. The molecular formula is C29H28F2N4O2. The summed E-state index contributed by atoms with van der Waals surface area (Å²) in [6.45, 7) is 6.42. The predicted molar refractivity (Wildman–Crippen MR) is 138 cm³/mol. The molecule has 0 amide bonds. The highest BCUT2D eigenvalue weighted by atomic mass is 19.1. The van der Waals surface area contributed by atoms with Crippen molar-refractivity contribution in [1.82, 2.24) is 14.5 Å². The molecule has 0 unspecified atom stereocenters. The molecule has 0 radical (unpaired) electrons. The van der Waals surface area contributed by atoms with E-state index in [1.54, 1.807) is 12.1 Å². The number of nitrogens with one attached hydrogen (secondary N) is 2. The minimum Gasteiger partial charge on any atom is -0.488 e. The van der Waals surface area contributed by atoms with Crippen LogP contribution in [0.25, 0.3) is 22.7 Å². The average Bonchev–Trinajstić information content (AvgIpc) is 3.14. The lowest BCUT2D eigenvalue weighted by molar-refractivity contribution is 0.0325. The van der Waals surface area contributed by atoms with Crippen molar-refractivity contribution in [2.24, 2.45) is 0 Å².